The van der Waals surface area contributed by atoms with Gasteiger partial charge in [-0.1, -0.05) is 6.07 Å². The van der Waals surface area contributed by atoms with E-state index >= 15 is 0 Å². The number of aromatic hydroxyl groups is 1. The Bertz CT molecular complexity index is 1460. The van der Waals surface area contributed by atoms with Gasteiger partial charge in [-0.3, -0.25) is 19.2 Å². The standard InChI is InChI=1S/C26H29N3O8/c1-28-9-8-15-12-18-22(37-13-36-18)23(35-4)19(15)21(28)20-24(30)27-26(32)29(25(20)31)10-7-14-5-6-16(33-2)17(11-14)34-3/h5-6,11-12,21,31H,7-10,13H2,1-4H3,(H,27,30,32)/t21-/m1/s1. The van der Waals surface area contributed by atoms with Crippen molar-refractivity contribution >= 4 is 0 Å². The number of nitrogens with zero attached hydrogens (tertiary/aromatic N) is 2. The third-order valence-electron chi connectivity index (χ3n) is 6.95. The van der Waals surface area contributed by atoms with Gasteiger partial charge >= 0.3 is 5.69 Å². The average Bonchev–Trinajstić information content (AvgIpc) is 3.36. The average molecular weight is 512 g/mol. The zero-order chi connectivity index (χ0) is 26.3. The highest BCUT2D eigenvalue weighted by molar-refractivity contribution is 5.63. The van der Waals surface area contributed by atoms with E-state index in [-0.39, 0.29) is 18.9 Å². The van der Waals surface area contributed by atoms with Gasteiger partial charge in [0, 0.05) is 18.7 Å². The summed E-state index contributed by atoms with van der Waals surface area (Å²) in [7, 11) is 6.48. The van der Waals surface area contributed by atoms with Gasteiger partial charge in [-0.2, -0.15) is 0 Å². The van der Waals surface area contributed by atoms with Crippen molar-refractivity contribution in [3.8, 4) is 34.6 Å². The number of aromatic amines is 1. The van der Waals surface area contributed by atoms with E-state index in [1.54, 1.807) is 20.3 Å². The van der Waals surface area contributed by atoms with Crippen LogP contribution in [0.3, 0.4) is 0 Å². The van der Waals surface area contributed by atoms with Crippen LogP contribution in [0.4, 0.5) is 0 Å². The van der Waals surface area contributed by atoms with Crippen LogP contribution in [0.5, 0.6) is 34.6 Å². The molecule has 2 aromatic carbocycles. The van der Waals surface area contributed by atoms with Crippen molar-refractivity contribution in [1.82, 2.24) is 14.5 Å². The first kappa shape index (κ1) is 24.6. The third-order valence-corrected chi connectivity index (χ3v) is 6.95. The largest absolute Gasteiger partial charge is 0.494 e. The molecule has 1 atom stereocenters. The summed E-state index contributed by atoms with van der Waals surface area (Å²) in [6, 6.07) is 6.66. The minimum atomic E-state index is -0.692. The van der Waals surface area contributed by atoms with E-state index in [9.17, 15) is 14.7 Å². The number of methoxy groups -OCH3 is 3. The number of hydrogen-bond acceptors (Lipinski definition) is 9. The molecule has 2 aliphatic heterocycles. The van der Waals surface area contributed by atoms with Gasteiger partial charge in [-0.25, -0.2) is 4.79 Å². The first-order chi connectivity index (χ1) is 17.9. The van der Waals surface area contributed by atoms with Crippen molar-refractivity contribution < 1.29 is 28.8 Å². The molecule has 11 heteroatoms. The fraction of sp³-hybridized carbons (Fsp3) is 0.385. The first-order valence-corrected chi connectivity index (χ1v) is 11.8. The van der Waals surface area contributed by atoms with Gasteiger partial charge in [0.25, 0.3) is 5.56 Å². The molecule has 196 valence electrons. The predicted molar refractivity (Wildman–Crippen MR) is 134 cm³/mol. The number of H-pyrrole nitrogens is 1. The Morgan fingerprint density at radius 2 is 1.84 bits per heavy atom. The van der Waals surface area contributed by atoms with E-state index in [0.29, 0.717) is 53.7 Å². The molecule has 11 nitrogen and oxygen atoms in total. The molecule has 0 saturated heterocycles. The second-order valence-corrected chi connectivity index (χ2v) is 8.94. The van der Waals surface area contributed by atoms with Crippen LogP contribution < -0.4 is 34.9 Å². The number of rotatable bonds is 7. The predicted octanol–water partition coefficient (Wildman–Crippen LogP) is 1.82. The number of benzene rings is 2. The number of aryl methyl sites for hydroxylation is 1. The number of nitrogens with one attached hydrogen (secondary N) is 1. The monoisotopic (exact) mass is 511 g/mol. The van der Waals surface area contributed by atoms with Gasteiger partial charge in [0.05, 0.1) is 32.9 Å². The summed E-state index contributed by atoms with van der Waals surface area (Å²) >= 11 is 0. The summed E-state index contributed by atoms with van der Waals surface area (Å²) in [5.74, 6) is 2.25. The minimum absolute atomic E-state index is 0.0625. The van der Waals surface area contributed by atoms with Crippen molar-refractivity contribution in [2.24, 2.45) is 0 Å². The lowest BCUT2D eigenvalue weighted by atomic mass is 9.87. The van der Waals surface area contributed by atoms with E-state index < -0.39 is 23.2 Å². The molecule has 0 fully saturated rings. The van der Waals surface area contributed by atoms with Crippen molar-refractivity contribution in [2.45, 2.75) is 25.4 Å². The normalized spacial score (nSPS) is 16.4. The highest BCUT2D eigenvalue weighted by Gasteiger charge is 2.38. The van der Waals surface area contributed by atoms with Gasteiger partial charge < -0.3 is 28.8 Å². The van der Waals surface area contributed by atoms with Gasteiger partial charge in [-0.15, -0.1) is 0 Å². The van der Waals surface area contributed by atoms with E-state index in [4.69, 9.17) is 23.7 Å². The van der Waals surface area contributed by atoms with Crippen LogP contribution in [0.25, 0.3) is 0 Å². The van der Waals surface area contributed by atoms with E-state index in [0.717, 1.165) is 11.1 Å². The van der Waals surface area contributed by atoms with Crippen LogP contribution in [0.1, 0.15) is 28.3 Å². The van der Waals surface area contributed by atoms with Crippen LogP contribution in [0.2, 0.25) is 0 Å². The maximum atomic E-state index is 13.1. The molecule has 0 bridgehead atoms. The Morgan fingerprint density at radius 1 is 1.05 bits per heavy atom. The lowest BCUT2D eigenvalue weighted by Gasteiger charge is -2.36. The fourth-order valence-electron chi connectivity index (χ4n) is 5.10. The van der Waals surface area contributed by atoms with Gasteiger partial charge in [0.1, 0.15) is 0 Å². The maximum Gasteiger partial charge on any atom is 0.331 e. The van der Waals surface area contributed by atoms with Crippen molar-refractivity contribution in [3.05, 3.63) is 67.4 Å². The molecule has 0 spiro atoms. The molecule has 3 aromatic rings. The molecule has 0 radical (unpaired) electrons. The Kier molecular flexibility index (Phi) is 6.46. The molecule has 0 unspecified atom stereocenters. The molecular weight excluding hydrogens is 482 g/mol. The number of hydrogen-bond donors (Lipinski definition) is 2. The highest BCUT2D eigenvalue weighted by atomic mass is 16.7. The van der Waals surface area contributed by atoms with Gasteiger partial charge in [0.15, 0.2) is 23.0 Å². The highest BCUT2D eigenvalue weighted by Crippen LogP contribution is 2.51. The van der Waals surface area contributed by atoms with E-state index in [2.05, 4.69) is 4.98 Å². The van der Waals surface area contributed by atoms with Crippen LogP contribution in [-0.4, -0.2) is 61.3 Å². The summed E-state index contributed by atoms with van der Waals surface area (Å²) in [6.45, 7) is 0.817. The van der Waals surface area contributed by atoms with Crippen molar-refractivity contribution in [1.29, 1.82) is 0 Å². The fourth-order valence-corrected chi connectivity index (χ4v) is 5.10. The second kappa shape index (κ2) is 9.74. The molecule has 5 rings (SSSR count). The number of ether oxygens (including phenoxy) is 5. The lowest BCUT2D eigenvalue weighted by molar-refractivity contribution is 0.170. The minimum Gasteiger partial charge on any atom is -0.494 e. The second-order valence-electron chi connectivity index (χ2n) is 8.94. The summed E-state index contributed by atoms with van der Waals surface area (Å²) in [4.78, 5) is 30.3. The quantitative estimate of drug-likeness (QED) is 0.489. The zero-order valence-corrected chi connectivity index (χ0v) is 21.1. The number of likely N-dealkylation sites (N-methyl/N-ethyl adjacent to an activating group) is 1. The van der Waals surface area contributed by atoms with Gasteiger partial charge in [0.2, 0.25) is 18.4 Å². The van der Waals surface area contributed by atoms with Crippen LogP contribution in [-0.2, 0) is 19.4 Å². The maximum absolute atomic E-state index is 13.1. The smallest absolute Gasteiger partial charge is 0.331 e. The molecule has 2 aliphatic rings. The Balaban J connectivity index is 1.58. The van der Waals surface area contributed by atoms with Crippen molar-refractivity contribution in [2.75, 3.05) is 41.7 Å². The van der Waals surface area contributed by atoms with Gasteiger partial charge in [-0.05, 0) is 49.2 Å². The first-order valence-electron chi connectivity index (χ1n) is 11.8. The molecule has 0 amide bonds. The Hall–Kier alpha value is -4.12. The summed E-state index contributed by atoms with van der Waals surface area (Å²) in [5.41, 5.74) is 1.20. The SMILES string of the molecule is COc1ccc(CCn2c(O)c([C@H]3c4c(cc5c(c4OC)OCO5)CCN3C)c(=O)[nH]c2=O)cc1OC. The van der Waals surface area contributed by atoms with Crippen LogP contribution in [0, 0.1) is 0 Å². The van der Waals surface area contributed by atoms with Crippen LogP contribution in [0.15, 0.2) is 33.9 Å². The Morgan fingerprint density at radius 3 is 2.57 bits per heavy atom. The van der Waals surface area contributed by atoms with E-state index in [1.807, 2.05) is 30.1 Å². The molecule has 2 N–H and O–H groups in total. The Labute approximate surface area is 212 Å². The number of fused-ring (bicyclic) bond motifs is 2. The summed E-state index contributed by atoms with van der Waals surface area (Å²) in [5, 5.41) is 11.3. The molecule has 0 aliphatic carbocycles. The molecule has 37 heavy (non-hydrogen) atoms. The topological polar surface area (TPSA) is 124 Å². The molecule has 1 aromatic heterocycles. The molecular formula is C26H29N3O8. The third kappa shape index (κ3) is 4.14. The molecule has 3 heterocycles. The number of aromatic nitrogens is 2. The van der Waals surface area contributed by atoms with Crippen molar-refractivity contribution in [3.63, 3.8) is 0 Å². The molecule has 0 saturated carbocycles. The summed E-state index contributed by atoms with van der Waals surface area (Å²) in [6.07, 6.45) is 1.09. The lowest BCUT2D eigenvalue weighted by Crippen LogP contribution is -2.40. The summed E-state index contributed by atoms with van der Waals surface area (Å²) < 4.78 is 28.7. The zero-order valence-electron chi connectivity index (χ0n) is 21.1. The van der Waals surface area contributed by atoms with E-state index in [1.165, 1.54) is 11.7 Å². The van der Waals surface area contributed by atoms with Crippen LogP contribution >= 0.6 is 0 Å².